The van der Waals surface area contributed by atoms with Gasteiger partial charge < -0.3 is 9.32 Å². The number of fused-ring (bicyclic) bond motifs is 6. The van der Waals surface area contributed by atoms with E-state index in [2.05, 4.69) is 169 Å². The number of hydrogen-bond donors (Lipinski definition) is 0. The second kappa shape index (κ2) is 10.8. The summed E-state index contributed by atoms with van der Waals surface area (Å²) in [4.78, 5) is 2.36. The number of rotatable bonds is 5. The molecular formula is C44H29NO. The Hall–Kier alpha value is -6.12. The van der Waals surface area contributed by atoms with E-state index in [0.717, 1.165) is 39.0 Å². The van der Waals surface area contributed by atoms with Crippen molar-refractivity contribution in [1.82, 2.24) is 0 Å². The summed E-state index contributed by atoms with van der Waals surface area (Å²) < 4.78 is 6.20. The predicted molar refractivity (Wildman–Crippen MR) is 194 cm³/mol. The lowest BCUT2D eigenvalue weighted by atomic mass is 9.99. The lowest BCUT2D eigenvalue weighted by Crippen LogP contribution is -2.10. The van der Waals surface area contributed by atoms with E-state index in [-0.39, 0.29) is 0 Å². The van der Waals surface area contributed by atoms with Crippen molar-refractivity contribution in [2.45, 2.75) is 0 Å². The highest BCUT2D eigenvalue weighted by Crippen LogP contribution is 2.41. The Morgan fingerprint density at radius 3 is 1.87 bits per heavy atom. The second-order valence-corrected chi connectivity index (χ2v) is 11.8. The van der Waals surface area contributed by atoms with Crippen LogP contribution in [0.4, 0.5) is 17.1 Å². The third-order valence-electron chi connectivity index (χ3n) is 9.02. The van der Waals surface area contributed by atoms with Gasteiger partial charge in [-0.25, -0.2) is 0 Å². The van der Waals surface area contributed by atoms with Crippen molar-refractivity contribution in [3.63, 3.8) is 0 Å². The number of anilines is 3. The van der Waals surface area contributed by atoms with Gasteiger partial charge in [-0.3, -0.25) is 0 Å². The second-order valence-electron chi connectivity index (χ2n) is 11.8. The fraction of sp³-hybridized carbons (Fsp3) is 0. The lowest BCUT2D eigenvalue weighted by molar-refractivity contribution is 0.669. The van der Waals surface area contributed by atoms with Gasteiger partial charge in [0, 0.05) is 27.8 Å². The molecule has 0 saturated heterocycles. The van der Waals surface area contributed by atoms with Crippen LogP contribution in [0.2, 0.25) is 0 Å². The third-order valence-corrected chi connectivity index (χ3v) is 9.02. The Morgan fingerprint density at radius 1 is 0.326 bits per heavy atom. The number of hydrogen-bond acceptors (Lipinski definition) is 2. The molecule has 216 valence electrons. The first-order valence-corrected chi connectivity index (χ1v) is 15.7. The summed E-state index contributed by atoms with van der Waals surface area (Å²) in [7, 11) is 0. The minimum atomic E-state index is 0.915. The molecule has 2 nitrogen and oxygen atoms in total. The molecule has 46 heavy (non-hydrogen) atoms. The zero-order valence-electron chi connectivity index (χ0n) is 25.1. The molecule has 1 heterocycles. The number of para-hydroxylation sites is 1. The Kier molecular flexibility index (Phi) is 6.17. The molecule has 9 rings (SSSR count). The molecule has 0 saturated carbocycles. The molecule has 9 aromatic rings. The number of benzene rings is 8. The van der Waals surface area contributed by atoms with Crippen LogP contribution in [0.3, 0.4) is 0 Å². The molecule has 2 heteroatoms. The molecule has 0 fully saturated rings. The Morgan fingerprint density at radius 2 is 0.978 bits per heavy atom. The van der Waals surface area contributed by atoms with E-state index in [1.165, 1.54) is 43.8 Å². The average molecular weight is 588 g/mol. The lowest BCUT2D eigenvalue weighted by Gasteiger charge is -2.26. The van der Waals surface area contributed by atoms with Crippen molar-refractivity contribution in [2.75, 3.05) is 4.90 Å². The molecular weight excluding hydrogens is 558 g/mol. The van der Waals surface area contributed by atoms with Crippen LogP contribution in [-0.4, -0.2) is 0 Å². The van der Waals surface area contributed by atoms with Gasteiger partial charge in [-0.1, -0.05) is 121 Å². The van der Waals surface area contributed by atoms with E-state index >= 15 is 0 Å². The highest BCUT2D eigenvalue weighted by molar-refractivity contribution is 6.19. The Labute approximate surface area is 267 Å². The molecule has 0 aliphatic rings. The van der Waals surface area contributed by atoms with Crippen LogP contribution in [0.5, 0.6) is 0 Å². The summed E-state index contributed by atoms with van der Waals surface area (Å²) in [5, 5.41) is 7.16. The van der Waals surface area contributed by atoms with Gasteiger partial charge in [0.05, 0.1) is 0 Å². The van der Waals surface area contributed by atoms with Gasteiger partial charge >= 0.3 is 0 Å². The van der Waals surface area contributed by atoms with Gasteiger partial charge in [0.25, 0.3) is 0 Å². The van der Waals surface area contributed by atoms with Crippen molar-refractivity contribution in [3.8, 4) is 22.3 Å². The molecule has 0 unspecified atom stereocenters. The van der Waals surface area contributed by atoms with E-state index in [0.29, 0.717) is 0 Å². The molecule has 0 radical (unpaired) electrons. The van der Waals surface area contributed by atoms with Crippen LogP contribution in [0, 0.1) is 0 Å². The fourth-order valence-electron chi connectivity index (χ4n) is 6.75. The van der Waals surface area contributed by atoms with E-state index in [1.54, 1.807) is 0 Å². The molecule has 0 aliphatic heterocycles. The van der Waals surface area contributed by atoms with Crippen LogP contribution >= 0.6 is 0 Å². The first-order valence-electron chi connectivity index (χ1n) is 15.7. The van der Waals surface area contributed by atoms with Crippen LogP contribution in [-0.2, 0) is 0 Å². The maximum absolute atomic E-state index is 6.20. The van der Waals surface area contributed by atoms with Crippen molar-refractivity contribution < 1.29 is 4.42 Å². The van der Waals surface area contributed by atoms with Gasteiger partial charge in [-0.2, -0.15) is 0 Å². The van der Waals surface area contributed by atoms with Crippen LogP contribution in [0.25, 0.3) is 65.7 Å². The van der Waals surface area contributed by atoms with Gasteiger partial charge in [-0.05, 0) is 98.4 Å². The smallest absolute Gasteiger partial charge is 0.136 e. The normalized spacial score (nSPS) is 11.5. The highest BCUT2D eigenvalue weighted by atomic mass is 16.3. The van der Waals surface area contributed by atoms with Crippen LogP contribution in [0.1, 0.15) is 0 Å². The van der Waals surface area contributed by atoms with Crippen molar-refractivity contribution in [2.24, 2.45) is 0 Å². The summed E-state index contributed by atoms with van der Waals surface area (Å²) in [5.41, 5.74) is 9.93. The Balaban J connectivity index is 1.20. The van der Waals surface area contributed by atoms with Gasteiger partial charge in [-0.15, -0.1) is 0 Å². The molecule has 8 aromatic carbocycles. The summed E-state index contributed by atoms with van der Waals surface area (Å²) in [6, 6.07) is 62.9. The summed E-state index contributed by atoms with van der Waals surface area (Å²) >= 11 is 0. The topological polar surface area (TPSA) is 16.4 Å². The standard InChI is InChI=1S/C44H29NO/c1-2-9-30(10-3-1)32-19-22-37(23-20-32)45(38-14-8-13-34(28-38)35-18-17-31-11-4-5-12-33(31)27-35)39-24-25-40-36(29-39)21-26-43-44(40)41-15-6-7-16-42(41)46-43/h1-29H. The van der Waals surface area contributed by atoms with Crippen molar-refractivity contribution in [3.05, 3.63) is 176 Å². The van der Waals surface area contributed by atoms with E-state index in [9.17, 15) is 0 Å². The van der Waals surface area contributed by atoms with Gasteiger partial charge in [0.15, 0.2) is 0 Å². The van der Waals surface area contributed by atoms with E-state index in [1.807, 2.05) is 12.1 Å². The fourth-order valence-corrected chi connectivity index (χ4v) is 6.75. The number of furan rings is 1. The summed E-state index contributed by atoms with van der Waals surface area (Å²) in [6.45, 7) is 0. The predicted octanol–water partition coefficient (Wildman–Crippen LogP) is 12.7. The quantitative estimate of drug-likeness (QED) is 0.199. The van der Waals surface area contributed by atoms with Gasteiger partial charge in [0.2, 0.25) is 0 Å². The first kappa shape index (κ1) is 26.3. The maximum atomic E-state index is 6.20. The molecule has 0 atom stereocenters. The molecule has 0 N–H and O–H groups in total. The maximum Gasteiger partial charge on any atom is 0.136 e. The van der Waals surface area contributed by atoms with Crippen molar-refractivity contribution in [1.29, 1.82) is 0 Å². The van der Waals surface area contributed by atoms with Crippen molar-refractivity contribution >= 4 is 60.5 Å². The molecule has 1 aromatic heterocycles. The molecule has 0 spiro atoms. The van der Waals surface area contributed by atoms with Crippen LogP contribution in [0.15, 0.2) is 180 Å². The minimum Gasteiger partial charge on any atom is -0.456 e. The monoisotopic (exact) mass is 587 g/mol. The third kappa shape index (κ3) is 4.51. The average Bonchev–Trinajstić information content (AvgIpc) is 3.52. The van der Waals surface area contributed by atoms with E-state index < -0.39 is 0 Å². The molecule has 0 aliphatic carbocycles. The zero-order chi connectivity index (χ0) is 30.5. The van der Waals surface area contributed by atoms with Gasteiger partial charge in [0.1, 0.15) is 11.2 Å². The summed E-state index contributed by atoms with van der Waals surface area (Å²) in [5.74, 6) is 0. The highest BCUT2D eigenvalue weighted by Gasteiger charge is 2.16. The largest absolute Gasteiger partial charge is 0.456 e. The number of nitrogens with zero attached hydrogens (tertiary/aromatic N) is 1. The molecule has 0 bridgehead atoms. The first-order chi connectivity index (χ1) is 22.8. The Bertz CT molecular complexity index is 2530. The minimum absolute atomic E-state index is 0.915. The summed E-state index contributed by atoms with van der Waals surface area (Å²) in [6.07, 6.45) is 0. The zero-order valence-corrected chi connectivity index (χ0v) is 25.1. The van der Waals surface area contributed by atoms with Crippen LogP contribution < -0.4 is 4.90 Å². The SMILES string of the molecule is c1ccc(-c2ccc(N(c3cccc(-c4ccc5ccccc5c4)c3)c3ccc4c(ccc5oc6ccccc6c54)c3)cc2)cc1. The van der Waals surface area contributed by atoms with E-state index in [4.69, 9.17) is 4.42 Å². The molecule has 0 amide bonds.